The van der Waals surface area contributed by atoms with Crippen molar-refractivity contribution >= 4 is 34.1 Å². The Labute approximate surface area is 145 Å². The lowest BCUT2D eigenvalue weighted by Crippen LogP contribution is -2.13. The number of pyridine rings is 1. The van der Waals surface area contributed by atoms with Gasteiger partial charge in [0, 0.05) is 17.0 Å². The summed E-state index contributed by atoms with van der Waals surface area (Å²) in [7, 11) is 0. The zero-order valence-electron chi connectivity index (χ0n) is 13.3. The number of anilines is 1. The number of amides is 1. The van der Waals surface area contributed by atoms with Crippen LogP contribution < -0.4 is 5.32 Å². The summed E-state index contributed by atoms with van der Waals surface area (Å²) in [5.74, 6) is 0.338. The van der Waals surface area contributed by atoms with E-state index in [1.165, 1.54) is 0 Å². The molecule has 0 radical (unpaired) electrons. The molecule has 1 aliphatic rings. The number of nitrogens with one attached hydrogen (secondary N) is 1. The maximum atomic E-state index is 12.9. The second-order valence-corrected chi connectivity index (χ2v) is 6.73. The Morgan fingerprint density at radius 2 is 1.96 bits per heavy atom. The number of aromatic nitrogens is 1. The average Bonchev–Trinajstić information content (AvgIpc) is 3.41. The Morgan fingerprint density at radius 1 is 1.17 bits per heavy atom. The van der Waals surface area contributed by atoms with Crippen LogP contribution in [-0.4, -0.2) is 10.9 Å². The lowest BCUT2D eigenvalue weighted by atomic mass is 10.1. The molecule has 1 saturated carbocycles. The lowest BCUT2D eigenvalue weighted by molar-refractivity contribution is 0.102. The molecule has 0 spiro atoms. The van der Waals surface area contributed by atoms with Gasteiger partial charge >= 0.3 is 0 Å². The minimum absolute atomic E-state index is 0.152. The van der Waals surface area contributed by atoms with Gasteiger partial charge in [-0.1, -0.05) is 35.9 Å². The number of aryl methyl sites for hydroxylation is 1. The summed E-state index contributed by atoms with van der Waals surface area (Å²) < 4.78 is 0. The standard InChI is InChI=1S/C20H17ClN2O/c1-12-6-9-18(16(21)10-12)23-20(24)15-11-19(13-7-8-13)22-17-5-3-2-4-14(15)17/h2-6,9-11,13H,7-8H2,1H3,(H,23,24). The smallest absolute Gasteiger partial charge is 0.256 e. The zero-order valence-corrected chi connectivity index (χ0v) is 14.1. The fourth-order valence-electron chi connectivity index (χ4n) is 2.88. The second kappa shape index (κ2) is 5.91. The minimum Gasteiger partial charge on any atom is -0.321 e. The number of hydrogen-bond donors (Lipinski definition) is 1. The Bertz CT molecular complexity index is 948. The number of rotatable bonds is 3. The molecule has 1 aliphatic carbocycles. The maximum absolute atomic E-state index is 12.9. The van der Waals surface area contributed by atoms with Crippen LogP contribution in [0.2, 0.25) is 5.02 Å². The first kappa shape index (κ1) is 15.2. The van der Waals surface area contributed by atoms with Crippen molar-refractivity contribution in [2.75, 3.05) is 5.32 Å². The highest BCUT2D eigenvalue weighted by atomic mass is 35.5. The molecule has 0 aliphatic heterocycles. The third-order valence-electron chi connectivity index (χ3n) is 4.35. The molecule has 4 rings (SSSR count). The van der Waals surface area contributed by atoms with Crippen molar-refractivity contribution < 1.29 is 4.79 Å². The van der Waals surface area contributed by atoms with E-state index in [-0.39, 0.29) is 5.91 Å². The number of para-hydroxylation sites is 1. The molecule has 1 aromatic heterocycles. The fraction of sp³-hybridized carbons (Fsp3) is 0.200. The molecular weight excluding hydrogens is 320 g/mol. The van der Waals surface area contributed by atoms with Gasteiger partial charge in [-0.3, -0.25) is 9.78 Å². The van der Waals surface area contributed by atoms with Gasteiger partial charge in [-0.15, -0.1) is 0 Å². The van der Waals surface area contributed by atoms with Crippen LogP contribution in [0.15, 0.2) is 48.5 Å². The third kappa shape index (κ3) is 2.87. The van der Waals surface area contributed by atoms with E-state index < -0.39 is 0 Å². The van der Waals surface area contributed by atoms with E-state index in [9.17, 15) is 4.79 Å². The Kier molecular flexibility index (Phi) is 3.73. The topological polar surface area (TPSA) is 42.0 Å². The molecule has 3 aromatic rings. The molecule has 0 unspecified atom stereocenters. The molecule has 1 N–H and O–H groups in total. The van der Waals surface area contributed by atoms with E-state index in [0.29, 0.717) is 22.2 Å². The molecule has 0 saturated heterocycles. The summed E-state index contributed by atoms with van der Waals surface area (Å²) in [6.45, 7) is 1.97. The SMILES string of the molecule is Cc1ccc(NC(=O)c2cc(C3CC3)nc3ccccc23)c(Cl)c1. The van der Waals surface area contributed by atoms with Crippen LogP contribution in [0.4, 0.5) is 5.69 Å². The van der Waals surface area contributed by atoms with Crippen LogP contribution in [-0.2, 0) is 0 Å². The van der Waals surface area contributed by atoms with Crippen molar-refractivity contribution in [2.24, 2.45) is 0 Å². The number of hydrogen-bond acceptors (Lipinski definition) is 2. The van der Waals surface area contributed by atoms with Gasteiger partial charge in [0.1, 0.15) is 0 Å². The first-order valence-corrected chi connectivity index (χ1v) is 8.47. The molecule has 0 bridgehead atoms. The molecule has 3 nitrogen and oxygen atoms in total. The molecule has 24 heavy (non-hydrogen) atoms. The van der Waals surface area contributed by atoms with E-state index in [2.05, 4.69) is 5.32 Å². The van der Waals surface area contributed by atoms with Crippen molar-refractivity contribution in [3.05, 3.63) is 70.4 Å². The Hall–Kier alpha value is -2.39. The average molecular weight is 337 g/mol. The van der Waals surface area contributed by atoms with Crippen molar-refractivity contribution in [1.29, 1.82) is 0 Å². The summed E-state index contributed by atoms with van der Waals surface area (Å²) in [6.07, 6.45) is 2.30. The first-order chi connectivity index (χ1) is 11.6. The van der Waals surface area contributed by atoms with Gasteiger partial charge < -0.3 is 5.32 Å². The molecule has 4 heteroatoms. The molecule has 1 amide bonds. The molecule has 1 fully saturated rings. The third-order valence-corrected chi connectivity index (χ3v) is 4.66. The second-order valence-electron chi connectivity index (χ2n) is 6.32. The summed E-state index contributed by atoms with van der Waals surface area (Å²) in [4.78, 5) is 17.6. The van der Waals surface area contributed by atoms with Crippen LogP contribution in [0.25, 0.3) is 10.9 Å². The molecule has 120 valence electrons. The summed E-state index contributed by atoms with van der Waals surface area (Å²) in [6, 6.07) is 15.3. The fourth-order valence-corrected chi connectivity index (χ4v) is 3.17. The van der Waals surface area contributed by atoms with E-state index in [4.69, 9.17) is 16.6 Å². The van der Waals surface area contributed by atoms with Gasteiger partial charge in [-0.2, -0.15) is 0 Å². The number of halogens is 1. The number of fused-ring (bicyclic) bond motifs is 1. The molecule has 2 aromatic carbocycles. The highest BCUT2D eigenvalue weighted by molar-refractivity contribution is 6.34. The monoisotopic (exact) mass is 336 g/mol. The largest absolute Gasteiger partial charge is 0.321 e. The molecule has 0 atom stereocenters. The number of nitrogens with zero attached hydrogens (tertiary/aromatic N) is 1. The van der Waals surface area contributed by atoms with Gasteiger partial charge in [0.2, 0.25) is 0 Å². The highest BCUT2D eigenvalue weighted by Crippen LogP contribution is 2.40. The van der Waals surface area contributed by atoms with E-state index in [1.807, 2.05) is 55.5 Å². The zero-order chi connectivity index (χ0) is 16.7. The van der Waals surface area contributed by atoms with Crippen molar-refractivity contribution in [2.45, 2.75) is 25.7 Å². The Balaban J connectivity index is 1.75. The van der Waals surface area contributed by atoms with Crippen molar-refractivity contribution in [3.63, 3.8) is 0 Å². The predicted octanol–water partition coefficient (Wildman–Crippen LogP) is 5.33. The van der Waals surface area contributed by atoms with Crippen LogP contribution in [0.5, 0.6) is 0 Å². The number of carbonyl (C=O) groups is 1. The van der Waals surface area contributed by atoms with Gasteiger partial charge in [0.05, 0.1) is 21.8 Å². The van der Waals surface area contributed by atoms with Gasteiger partial charge in [-0.05, 0) is 49.6 Å². The normalized spacial score (nSPS) is 13.9. The summed E-state index contributed by atoms with van der Waals surface area (Å²) in [5, 5.41) is 4.34. The molecule has 1 heterocycles. The minimum atomic E-state index is -0.152. The maximum Gasteiger partial charge on any atom is 0.256 e. The van der Waals surface area contributed by atoms with Crippen LogP contribution in [0, 0.1) is 6.92 Å². The Morgan fingerprint density at radius 3 is 2.71 bits per heavy atom. The van der Waals surface area contributed by atoms with E-state index in [0.717, 1.165) is 35.0 Å². The highest BCUT2D eigenvalue weighted by Gasteiger charge is 2.27. The van der Waals surface area contributed by atoms with Gasteiger partial charge in [-0.25, -0.2) is 0 Å². The van der Waals surface area contributed by atoms with Crippen LogP contribution >= 0.6 is 11.6 Å². The number of carbonyl (C=O) groups excluding carboxylic acids is 1. The quantitative estimate of drug-likeness (QED) is 0.702. The van der Waals surface area contributed by atoms with E-state index in [1.54, 1.807) is 0 Å². The summed E-state index contributed by atoms with van der Waals surface area (Å²) >= 11 is 6.24. The predicted molar refractivity (Wildman–Crippen MR) is 97.9 cm³/mol. The van der Waals surface area contributed by atoms with Gasteiger partial charge in [0.25, 0.3) is 5.91 Å². The lowest BCUT2D eigenvalue weighted by Gasteiger charge is -2.11. The van der Waals surface area contributed by atoms with E-state index >= 15 is 0 Å². The molecular formula is C20H17ClN2O. The summed E-state index contributed by atoms with van der Waals surface area (Å²) in [5.41, 5.74) is 4.21. The first-order valence-electron chi connectivity index (χ1n) is 8.09. The van der Waals surface area contributed by atoms with Crippen molar-refractivity contribution in [1.82, 2.24) is 4.98 Å². The van der Waals surface area contributed by atoms with Crippen LogP contribution in [0.3, 0.4) is 0 Å². The van der Waals surface area contributed by atoms with Crippen LogP contribution in [0.1, 0.15) is 40.4 Å². The van der Waals surface area contributed by atoms with Gasteiger partial charge in [0.15, 0.2) is 0 Å². The number of benzene rings is 2. The van der Waals surface area contributed by atoms with Crippen molar-refractivity contribution in [3.8, 4) is 0 Å².